The van der Waals surface area contributed by atoms with Gasteiger partial charge in [-0.1, -0.05) is 32.9 Å². The summed E-state index contributed by atoms with van der Waals surface area (Å²) in [5.41, 5.74) is 1.47. The van der Waals surface area contributed by atoms with Crippen molar-refractivity contribution >= 4 is 7.60 Å². The number of benzene rings is 1. The highest BCUT2D eigenvalue weighted by molar-refractivity contribution is 7.52. The van der Waals surface area contributed by atoms with Crippen molar-refractivity contribution in [2.45, 2.75) is 32.3 Å². The van der Waals surface area contributed by atoms with Crippen LogP contribution in [-0.2, 0) is 25.2 Å². The first-order valence-corrected chi connectivity index (χ1v) is 7.47. The third-order valence-electron chi connectivity index (χ3n) is 2.80. The highest BCUT2D eigenvalue weighted by atomic mass is 31.2. The maximum Gasteiger partial charge on any atom is 0.334 e. The van der Waals surface area contributed by atoms with Gasteiger partial charge in [-0.3, -0.25) is 4.57 Å². The third-order valence-corrected chi connectivity index (χ3v) is 4.67. The highest BCUT2D eigenvalue weighted by Crippen LogP contribution is 2.50. The van der Waals surface area contributed by atoms with Crippen LogP contribution in [0.1, 0.15) is 31.9 Å². The Hall–Kier alpha value is -0.830. The Balaban J connectivity index is 3.10. The summed E-state index contributed by atoms with van der Waals surface area (Å²) in [5, 5.41) is 9.85. The van der Waals surface area contributed by atoms with Crippen LogP contribution in [0.5, 0.6) is 5.75 Å². The van der Waals surface area contributed by atoms with Crippen LogP contribution in [0, 0.1) is 0 Å². The summed E-state index contributed by atoms with van der Waals surface area (Å²) in [6, 6.07) is 5.20. The van der Waals surface area contributed by atoms with Crippen LogP contribution < -0.4 is 0 Å². The minimum absolute atomic E-state index is 0.176. The van der Waals surface area contributed by atoms with Crippen LogP contribution in [0.25, 0.3) is 0 Å². The molecule has 0 amide bonds. The van der Waals surface area contributed by atoms with Crippen LogP contribution in [0.15, 0.2) is 18.2 Å². The minimum Gasteiger partial charge on any atom is -0.508 e. The quantitative estimate of drug-likeness (QED) is 0.849. The van der Waals surface area contributed by atoms with Gasteiger partial charge < -0.3 is 14.2 Å². The molecule has 0 radical (unpaired) electrons. The van der Waals surface area contributed by atoms with Gasteiger partial charge in [0.15, 0.2) is 0 Å². The number of phenols is 1. The van der Waals surface area contributed by atoms with Crippen molar-refractivity contribution in [3.8, 4) is 5.75 Å². The van der Waals surface area contributed by atoms with E-state index < -0.39 is 7.60 Å². The van der Waals surface area contributed by atoms with Gasteiger partial charge in [0.05, 0.1) is 6.16 Å². The molecule has 0 bridgehead atoms. The van der Waals surface area contributed by atoms with E-state index >= 15 is 0 Å². The van der Waals surface area contributed by atoms with E-state index in [1.165, 1.54) is 14.2 Å². The van der Waals surface area contributed by atoms with E-state index in [1.807, 2.05) is 26.8 Å². The fraction of sp³-hybridized carbons (Fsp3) is 0.538. The standard InChI is InChI=1S/C13H21O4P/c1-13(2,3)11-8-10(6-7-12(11)14)9-18(15,16-4)17-5/h6-8,14H,9H2,1-5H3. The molecule has 0 atom stereocenters. The molecule has 1 aromatic carbocycles. The lowest BCUT2D eigenvalue weighted by atomic mass is 9.85. The largest absolute Gasteiger partial charge is 0.508 e. The number of aromatic hydroxyl groups is 1. The molecule has 102 valence electrons. The third kappa shape index (κ3) is 3.58. The van der Waals surface area contributed by atoms with Crippen LogP contribution >= 0.6 is 7.60 Å². The fourth-order valence-corrected chi connectivity index (χ4v) is 2.76. The Bertz CT molecular complexity index is 455. The van der Waals surface area contributed by atoms with Gasteiger partial charge in [0.1, 0.15) is 5.75 Å². The molecule has 0 aliphatic carbocycles. The second kappa shape index (κ2) is 5.43. The average molecular weight is 272 g/mol. The van der Waals surface area contributed by atoms with Crippen molar-refractivity contribution < 1.29 is 18.7 Å². The van der Waals surface area contributed by atoms with Crippen molar-refractivity contribution in [2.24, 2.45) is 0 Å². The van der Waals surface area contributed by atoms with Gasteiger partial charge in [0.2, 0.25) is 0 Å². The van der Waals surface area contributed by atoms with Gasteiger partial charge in [-0.15, -0.1) is 0 Å². The van der Waals surface area contributed by atoms with Crippen molar-refractivity contribution in [3.63, 3.8) is 0 Å². The van der Waals surface area contributed by atoms with Gasteiger partial charge in [0, 0.05) is 14.2 Å². The van der Waals surface area contributed by atoms with E-state index in [0.717, 1.165) is 11.1 Å². The molecule has 0 aliphatic rings. The average Bonchev–Trinajstić information content (AvgIpc) is 2.30. The van der Waals surface area contributed by atoms with E-state index in [1.54, 1.807) is 12.1 Å². The fourth-order valence-electron chi connectivity index (χ4n) is 1.71. The van der Waals surface area contributed by atoms with Crippen molar-refractivity contribution in [1.82, 2.24) is 0 Å². The Kier molecular flexibility index (Phi) is 4.60. The maximum atomic E-state index is 12.1. The van der Waals surface area contributed by atoms with Crippen LogP contribution in [0.4, 0.5) is 0 Å². The second-order valence-corrected chi connectivity index (χ2v) is 7.50. The number of phenolic OH excluding ortho intramolecular Hbond substituents is 1. The second-order valence-electron chi connectivity index (χ2n) is 5.24. The Morgan fingerprint density at radius 3 is 2.22 bits per heavy atom. The molecule has 0 saturated heterocycles. The normalized spacial score (nSPS) is 12.7. The van der Waals surface area contributed by atoms with E-state index in [0.29, 0.717) is 0 Å². The van der Waals surface area contributed by atoms with Gasteiger partial charge in [-0.25, -0.2) is 0 Å². The molecule has 1 aromatic rings. The van der Waals surface area contributed by atoms with Crippen LogP contribution in [0.2, 0.25) is 0 Å². The minimum atomic E-state index is -3.07. The first-order valence-electron chi connectivity index (χ1n) is 5.75. The zero-order valence-electron chi connectivity index (χ0n) is 11.6. The van der Waals surface area contributed by atoms with Gasteiger partial charge in [0.25, 0.3) is 0 Å². The monoisotopic (exact) mass is 272 g/mol. The van der Waals surface area contributed by atoms with E-state index in [4.69, 9.17) is 9.05 Å². The van der Waals surface area contributed by atoms with Gasteiger partial charge >= 0.3 is 7.60 Å². The van der Waals surface area contributed by atoms with Crippen LogP contribution in [0.3, 0.4) is 0 Å². The molecule has 0 unspecified atom stereocenters. The number of rotatable bonds is 4. The maximum absolute atomic E-state index is 12.1. The van der Waals surface area contributed by atoms with Crippen molar-refractivity contribution in [1.29, 1.82) is 0 Å². The topological polar surface area (TPSA) is 55.8 Å². The molecule has 0 spiro atoms. The summed E-state index contributed by atoms with van der Waals surface area (Å²) in [6.07, 6.45) is 0.198. The number of hydrogen-bond donors (Lipinski definition) is 1. The summed E-state index contributed by atoms with van der Waals surface area (Å²) in [4.78, 5) is 0. The molecule has 4 nitrogen and oxygen atoms in total. The Labute approximate surface area is 108 Å². The molecule has 0 aromatic heterocycles. The molecule has 0 saturated carbocycles. The summed E-state index contributed by atoms with van der Waals surface area (Å²) < 4.78 is 21.9. The lowest BCUT2D eigenvalue weighted by Gasteiger charge is -2.22. The molecule has 0 aliphatic heterocycles. The lowest BCUT2D eigenvalue weighted by molar-refractivity contribution is 0.274. The number of hydrogen-bond acceptors (Lipinski definition) is 4. The molecule has 0 heterocycles. The van der Waals surface area contributed by atoms with E-state index in [9.17, 15) is 9.67 Å². The molecule has 1 rings (SSSR count). The smallest absolute Gasteiger partial charge is 0.334 e. The Morgan fingerprint density at radius 1 is 1.22 bits per heavy atom. The molecule has 5 heteroatoms. The lowest BCUT2D eigenvalue weighted by Crippen LogP contribution is -2.11. The van der Waals surface area contributed by atoms with Crippen molar-refractivity contribution in [2.75, 3.05) is 14.2 Å². The Morgan fingerprint density at radius 2 is 1.78 bits per heavy atom. The zero-order valence-corrected chi connectivity index (χ0v) is 12.5. The predicted octanol–water partition coefficient (Wildman–Crippen LogP) is 3.68. The predicted molar refractivity (Wildman–Crippen MR) is 72.1 cm³/mol. The summed E-state index contributed by atoms with van der Waals surface area (Å²) in [6.45, 7) is 6.04. The van der Waals surface area contributed by atoms with E-state index in [2.05, 4.69) is 0 Å². The first kappa shape index (κ1) is 15.2. The molecule has 18 heavy (non-hydrogen) atoms. The summed E-state index contributed by atoms with van der Waals surface area (Å²) in [5.74, 6) is 0.246. The molecular formula is C13H21O4P. The highest BCUT2D eigenvalue weighted by Gasteiger charge is 2.24. The van der Waals surface area contributed by atoms with Crippen molar-refractivity contribution in [3.05, 3.63) is 29.3 Å². The molecular weight excluding hydrogens is 251 g/mol. The first-order chi connectivity index (χ1) is 8.22. The summed E-state index contributed by atoms with van der Waals surface area (Å²) >= 11 is 0. The van der Waals surface area contributed by atoms with Crippen LogP contribution in [-0.4, -0.2) is 19.3 Å². The zero-order chi connectivity index (χ0) is 14.0. The van der Waals surface area contributed by atoms with Gasteiger partial charge in [-0.05, 0) is 22.6 Å². The summed E-state index contributed by atoms with van der Waals surface area (Å²) in [7, 11) is -0.331. The van der Waals surface area contributed by atoms with E-state index in [-0.39, 0.29) is 17.3 Å². The SMILES string of the molecule is COP(=O)(Cc1ccc(O)c(C(C)(C)C)c1)OC. The molecule has 1 N–H and O–H groups in total. The van der Waals surface area contributed by atoms with Gasteiger partial charge in [-0.2, -0.15) is 0 Å². The molecule has 0 fully saturated rings.